The molecule has 6 heteroatoms. The lowest BCUT2D eigenvalue weighted by Gasteiger charge is -2.26. The highest BCUT2D eigenvalue weighted by molar-refractivity contribution is 5.95. The molecule has 1 unspecified atom stereocenters. The van der Waals surface area contributed by atoms with Crippen LogP contribution in [0.4, 0.5) is 4.39 Å². The first kappa shape index (κ1) is 17.8. The number of fused-ring (bicyclic) bond motifs is 1. The van der Waals surface area contributed by atoms with Gasteiger partial charge in [0.25, 0.3) is 5.91 Å². The van der Waals surface area contributed by atoms with Crippen LogP contribution in [0.2, 0.25) is 0 Å². The van der Waals surface area contributed by atoms with Crippen molar-refractivity contribution in [2.75, 3.05) is 40.3 Å². The molecule has 2 heterocycles. The lowest BCUT2D eigenvalue weighted by atomic mass is 10.1. The fourth-order valence-corrected chi connectivity index (χ4v) is 3.02. The van der Waals surface area contributed by atoms with E-state index in [1.54, 1.807) is 29.2 Å². The number of hydrogen-bond donors (Lipinski definition) is 0. The largest absolute Gasteiger partial charge is 0.376 e. The molecule has 1 saturated heterocycles. The van der Waals surface area contributed by atoms with E-state index >= 15 is 0 Å². The number of ether oxygens (including phenoxy) is 1. The molecule has 0 radical (unpaired) electrons. The molecule has 1 aromatic heterocycles. The van der Waals surface area contributed by atoms with Gasteiger partial charge in [-0.2, -0.15) is 0 Å². The van der Waals surface area contributed by atoms with Gasteiger partial charge in [-0.3, -0.25) is 4.79 Å². The summed E-state index contributed by atoms with van der Waals surface area (Å²) in [6.07, 6.45) is 2.06. The highest BCUT2D eigenvalue weighted by Gasteiger charge is 2.24. The summed E-state index contributed by atoms with van der Waals surface area (Å²) in [6.45, 7) is 2.63. The molecule has 25 heavy (non-hydrogen) atoms. The van der Waals surface area contributed by atoms with Crippen LogP contribution >= 0.6 is 0 Å². The predicted molar refractivity (Wildman–Crippen MR) is 95.1 cm³/mol. The zero-order valence-electron chi connectivity index (χ0n) is 14.7. The van der Waals surface area contributed by atoms with Crippen molar-refractivity contribution in [1.82, 2.24) is 14.8 Å². The third-order valence-corrected chi connectivity index (χ3v) is 4.44. The normalized spacial score (nSPS) is 17.4. The number of nitrogens with zero attached hydrogens (tertiary/aromatic N) is 3. The van der Waals surface area contributed by atoms with E-state index in [2.05, 4.69) is 4.98 Å². The summed E-state index contributed by atoms with van der Waals surface area (Å²) in [5, 5.41) is 0.690. The number of aromatic nitrogens is 1. The number of carbonyl (C=O) groups is 1. The fourth-order valence-electron chi connectivity index (χ4n) is 3.02. The van der Waals surface area contributed by atoms with E-state index < -0.39 is 5.82 Å². The number of halogens is 1. The number of hydrogen-bond acceptors (Lipinski definition) is 4. The van der Waals surface area contributed by atoms with Crippen molar-refractivity contribution in [1.29, 1.82) is 0 Å². The maximum Gasteiger partial charge on any atom is 0.272 e. The number of carbonyl (C=O) groups excluding carboxylic acids is 1. The second-order valence-electron chi connectivity index (χ2n) is 6.70. The van der Waals surface area contributed by atoms with Crippen molar-refractivity contribution >= 4 is 16.8 Å². The van der Waals surface area contributed by atoms with Gasteiger partial charge in [0.05, 0.1) is 6.10 Å². The van der Waals surface area contributed by atoms with Gasteiger partial charge in [0, 0.05) is 31.6 Å². The Bertz CT molecular complexity index is 745. The van der Waals surface area contributed by atoms with Crippen LogP contribution in [0.5, 0.6) is 0 Å². The van der Waals surface area contributed by atoms with E-state index in [-0.39, 0.29) is 23.2 Å². The molecule has 2 aromatic rings. The molecule has 1 aliphatic heterocycles. The van der Waals surface area contributed by atoms with Crippen molar-refractivity contribution in [3.63, 3.8) is 0 Å². The van der Waals surface area contributed by atoms with Crippen LogP contribution in [-0.4, -0.2) is 67.1 Å². The van der Waals surface area contributed by atoms with Crippen molar-refractivity contribution in [2.24, 2.45) is 0 Å². The first-order chi connectivity index (χ1) is 12.0. The van der Waals surface area contributed by atoms with E-state index in [0.29, 0.717) is 18.5 Å². The third kappa shape index (κ3) is 4.32. The Hall–Kier alpha value is -2.05. The minimum atomic E-state index is -0.411. The second-order valence-corrected chi connectivity index (χ2v) is 6.70. The molecule has 1 fully saturated rings. The molecule has 5 nitrogen and oxygen atoms in total. The second kappa shape index (κ2) is 7.89. The van der Waals surface area contributed by atoms with Gasteiger partial charge in [-0.1, -0.05) is 18.2 Å². The minimum Gasteiger partial charge on any atom is -0.376 e. The predicted octanol–water partition coefficient (Wildman–Crippen LogP) is 2.56. The average Bonchev–Trinajstić information content (AvgIpc) is 3.11. The smallest absolute Gasteiger partial charge is 0.272 e. The first-order valence-corrected chi connectivity index (χ1v) is 8.65. The first-order valence-electron chi connectivity index (χ1n) is 8.65. The Kier molecular flexibility index (Phi) is 5.60. The average molecular weight is 345 g/mol. The Labute approximate surface area is 147 Å². The van der Waals surface area contributed by atoms with E-state index in [1.165, 1.54) is 6.07 Å². The summed E-state index contributed by atoms with van der Waals surface area (Å²) in [5.74, 6) is -0.589. The molecule has 1 amide bonds. The van der Waals surface area contributed by atoms with E-state index in [1.807, 2.05) is 19.0 Å². The molecular formula is C19H24FN3O2. The summed E-state index contributed by atoms with van der Waals surface area (Å²) in [7, 11) is 3.94. The maximum absolute atomic E-state index is 14.0. The summed E-state index contributed by atoms with van der Waals surface area (Å²) in [4.78, 5) is 21.0. The van der Waals surface area contributed by atoms with Crippen LogP contribution < -0.4 is 0 Å². The van der Waals surface area contributed by atoms with Crippen molar-refractivity contribution in [2.45, 2.75) is 18.9 Å². The molecule has 134 valence electrons. The fraction of sp³-hybridized carbons (Fsp3) is 0.474. The van der Waals surface area contributed by atoms with Crippen LogP contribution in [0.1, 0.15) is 23.3 Å². The number of amides is 1. The lowest BCUT2D eigenvalue weighted by Crippen LogP contribution is -2.41. The van der Waals surface area contributed by atoms with Gasteiger partial charge in [-0.25, -0.2) is 9.37 Å². The maximum atomic E-state index is 14.0. The van der Waals surface area contributed by atoms with Gasteiger partial charge in [-0.15, -0.1) is 0 Å². The molecule has 0 bridgehead atoms. The monoisotopic (exact) mass is 345 g/mol. The van der Waals surface area contributed by atoms with Crippen LogP contribution in [0.15, 0.2) is 30.3 Å². The molecule has 0 spiro atoms. The Morgan fingerprint density at radius 3 is 2.84 bits per heavy atom. The number of para-hydroxylation sites is 1. The molecule has 1 aliphatic rings. The molecule has 0 saturated carbocycles. The number of rotatable bonds is 6. The van der Waals surface area contributed by atoms with Crippen LogP contribution in [-0.2, 0) is 4.74 Å². The van der Waals surface area contributed by atoms with Gasteiger partial charge < -0.3 is 14.5 Å². The van der Waals surface area contributed by atoms with Crippen LogP contribution in [0.25, 0.3) is 10.9 Å². The Morgan fingerprint density at radius 2 is 2.12 bits per heavy atom. The molecule has 1 atom stereocenters. The number of likely N-dealkylation sites (N-methyl/N-ethyl adjacent to an activating group) is 1. The SMILES string of the molecule is CN(C)CCN(CC1CCCO1)C(=O)c1ccc2cccc(F)c2n1. The van der Waals surface area contributed by atoms with Crippen LogP contribution in [0, 0.1) is 5.82 Å². The molecule has 1 aromatic carbocycles. The lowest BCUT2D eigenvalue weighted by molar-refractivity contribution is 0.0508. The highest BCUT2D eigenvalue weighted by atomic mass is 19.1. The molecule has 0 N–H and O–H groups in total. The van der Waals surface area contributed by atoms with Crippen molar-refractivity contribution in [3.05, 3.63) is 41.8 Å². The van der Waals surface area contributed by atoms with Gasteiger partial charge in [0.2, 0.25) is 0 Å². The van der Waals surface area contributed by atoms with E-state index in [4.69, 9.17) is 4.74 Å². The topological polar surface area (TPSA) is 45.7 Å². The number of benzene rings is 1. The standard InChI is InChI=1S/C19H24FN3O2/c1-22(2)10-11-23(13-15-6-4-12-25-15)19(24)17-9-8-14-5-3-7-16(20)18(14)21-17/h3,5,7-9,15H,4,6,10-13H2,1-2H3. The molecular weight excluding hydrogens is 321 g/mol. The Balaban J connectivity index is 1.83. The van der Waals surface area contributed by atoms with E-state index in [0.717, 1.165) is 26.0 Å². The highest BCUT2D eigenvalue weighted by Crippen LogP contribution is 2.18. The van der Waals surface area contributed by atoms with Gasteiger partial charge in [0.1, 0.15) is 17.0 Å². The molecule has 0 aliphatic carbocycles. The third-order valence-electron chi connectivity index (χ3n) is 4.44. The van der Waals surface area contributed by atoms with Gasteiger partial charge in [0.15, 0.2) is 0 Å². The minimum absolute atomic E-state index is 0.0725. The molecule has 3 rings (SSSR count). The Morgan fingerprint density at radius 1 is 1.28 bits per heavy atom. The zero-order chi connectivity index (χ0) is 17.8. The van der Waals surface area contributed by atoms with Crippen LogP contribution in [0.3, 0.4) is 0 Å². The van der Waals surface area contributed by atoms with Gasteiger partial charge >= 0.3 is 0 Å². The van der Waals surface area contributed by atoms with Crippen molar-refractivity contribution in [3.8, 4) is 0 Å². The zero-order valence-corrected chi connectivity index (χ0v) is 14.7. The summed E-state index contributed by atoms with van der Waals surface area (Å²) in [6, 6.07) is 8.20. The number of pyridine rings is 1. The summed E-state index contributed by atoms with van der Waals surface area (Å²) < 4.78 is 19.7. The quantitative estimate of drug-likeness (QED) is 0.807. The summed E-state index contributed by atoms with van der Waals surface area (Å²) >= 11 is 0. The van der Waals surface area contributed by atoms with Crippen molar-refractivity contribution < 1.29 is 13.9 Å². The van der Waals surface area contributed by atoms with Gasteiger partial charge in [-0.05, 0) is 39.1 Å². The summed E-state index contributed by atoms with van der Waals surface area (Å²) in [5.41, 5.74) is 0.507. The van der Waals surface area contributed by atoms with E-state index in [9.17, 15) is 9.18 Å².